The molecule has 3 amide bonds. The number of urea groups is 1. The van der Waals surface area contributed by atoms with Crippen molar-refractivity contribution in [2.75, 3.05) is 18.0 Å². The summed E-state index contributed by atoms with van der Waals surface area (Å²) in [6, 6.07) is 12.0. The molecular weight excluding hydrogens is 345 g/mol. The normalized spacial score (nSPS) is 16.6. The zero-order chi connectivity index (χ0) is 17.8. The minimum atomic E-state index is -0.636. The highest BCUT2D eigenvalue weighted by Gasteiger charge is 2.34. The van der Waals surface area contributed by atoms with Gasteiger partial charge in [0.25, 0.3) is 0 Å². The smallest absolute Gasteiger partial charge is 0.322 e. The van der Waals surface area contributed by atoms with Crippen LogP contribution in [0, 0.1) is 5.82 Å². The molecule has 0 bridgehead atoms. The fourth-order valence-electron chi connectivity index (χ4n) is 2.63. The van der Waals surface area contributed by atoms with Crippen molar-refractivity contribution in [3.05, 3.63) is 64.9 Å². The SMILES string of the molecule is O=C(NCCc1ccc(Cl)cc1)C1CN(c2ccc(F)cc2)C(=O)N1. The largest absolute Gasteiger partial charge is 0.354 e. The lowest BCUT2D eigenvalue weighted by Gasteiger charge is -2.14. The van der Waals surface area contributed by atoms with Crippen LogP contribution >= 0.6 is 11.6 Å². The number of hydrogen-bond acceptors (Lipinski definition) is 2. The molecule has 1 heterocycles. The number of rotatable bonds is 5. The van der Waals surface area contributed by atoms with Gasteiger partial charge in [-0.3, -0.25) is 9.69 Å². The maximum Gasteiger partial charge on any atom is 0.322 e. The molecule has 1 atom stereocenters. The third-order valence-corrected chi connectivity index (χ3v) is 4.24. The van der Waals surface area contributed by atoms with E-state index in [1.807, 2.05) is 12.1 Å². The van der Waals surface area contributed by atoms with Crippen LogP contribution in [0.5, 0.6) is 0 Å². The van der Waals surface area contributed by atoms with Crippen molar-refractivity contribution in [1.82, 2.24) is 10.6 Å². The molecule has 0 radical (unpaired) electrons. The molecule has 7 heteroatoms. The molecule has 0 aromatic heterocycles. The van der Waals surface area contributed by atoms with Crippen LogP contribution in [-0.4, -0.2) is 31.1 Å². The van der Waals surface area contributed by atoms with E-state index in [-0.39, 0.29) is 24.3 Å². The molecule has 2 aromatic rings. The summed E-state index contributed by atoms with van der Waals surface area (Å²) in [6.45, 7) is 0.667. The van der Waals surface area contributed by atoms with E-state index in [1.165, 1.54) is 29.2 Å². The van der Waals surface area contributed by atoms with Crippen LogP contribution in [-0.2, 0) is 11.2 Å². The summed E-state index contributed by atoms with van der Waals surface area (Å²) in [7, 11) is 0. The van der Waals surface area contributed by atoms with E-state index in [0.29, 0.717) is 23.7 Å². The Morgan fingerprint density at radius 2 is 1.88 bits per heavy atom. The fourth-order valence-corrected chi connectivity index (χ4v) is 2.76. The number of anilines is 1. The van der Waals surface area contributed by atoms with E-state index >= 15 is 0 Å². The predicted octanol–water partition coefficient (Wildman–Crippen LogP) is 2.74. The van der Waals surface area contributed by atoms with Gasteiger partial charge in [-0.05, 0) is 48.4 Å². The van der Waals surface area contributed by atoms with Crippen molar-refractivity contribution in [2.45, 2.75) is 12.5 Å². The van der Waals surface area contributed by atoms with Gasteiger partial charge >= 0.3 is 6.03 Å². The monoisotopic (exact) mass is 361 g/mol. The van der Waals surface area contributed by atoms with Gasteiger partial charge < -0.3 is 10.6 Å². The Morgan fingerprint density at radius 1 is 1.20 bits per heavy atom. The van der Waals surface area contributed by atoms with Gasteiger partial charge in [0.1, 0.15) is 11.9 Å². The number of nitrogens with one attached hydrogen (secondary N) is 2. The van der Waals surface area contributed by atoms with E-state index < -0.39 is 6.04 Å². The second kappa shape index (κ2) is 7.53. The molecule has 1 fully saturated rings. The lowest BCUT2D eigenvalue weighted by Crippen LogP contribution is -2.43. The summed E-state index contributed by atoms with van der Waals surface area (Å²) in [6.07, 6.45) is 0.672. The molecule has 0 saturated carbocycles. The standard InChI is InChI=1S/C18H17ClFN3O2/c19-13-3-1-12(2-4-13)9-10-21-17(24)16-11-23(18(25)22-16)15-7-5-14(20)6-8-15/h1-8,16H,9-11H2,(H,21,24)(H,22,25). The van der Waals surface area contributed by atoms with Gasteiger partial charge in [0, 0.05) is 17.3 Å². The Morgan fingerprint density at radius 3 is 2.56 bits per heavy atom. The van der Waals surface area contributed by atoms with Crippen molar-refractivity contribution in [2.24, 2.45) is 0 Å². The number of hydrogen-bond donors (Lipinski definition) is 2. The summed E-state index contributed by atoms with van der Waals surface area (Å²) < 4.78 is 13.0. The van der Waals surface area contributed by atoms with Crippen LogP contribution in [0.4, 0.5) is 14.9 Å². The molecule has 3 rings (SSSR count). The molecular formula is C18H17ClFN3O2. The topological polar surface area (TPSA) is 61.4 Å². The summed E-state index contributed by atoms with van der Waals surface area (Å²) in [5.74, 6) is -0.619. The first-order valence-corrected chi connectivity index (χ1v) is 8.26. The first-order valence-electron chi connectivity index (χ1n) is 7.89. The highest BCUT2D eigenvalue weighted by molar-refractivity contribution is 6.30. The van der Waals surface area contributed by atoms with E-state index in [1.54, 1.807) is 12.1 Å². The Labute approximate surface area is 149 Å². The molecule has 1 saturated heterocycles. The van der Waals surface area contributed by atoms with Gasteiger partial charge in [0.2, 0.25) is 5.91 Å². The van der Waals surface area contributed by atoms with E-state index in [0.717, 1.165) is 5.56 Å². The second-order valence-corrected chi connectivity index (χ2v) is 6.19. The maximum absolute atomic E-state index is 13.0. The number of halogens is 2. The molecule has 5 nitrogen and oxygen atoms in total. The average Bonchev–Trinajstić information content (AvgIpc) is 2.99. The average molecular weight is 362 g/mol. The maximum atomic E-state index is 13.0. The zero-order valence-electron chi connectivity index (χ0n) is 13.3. The van der Waals surface area contributed by atoms with Crippen LogP contribution in [0.2, 0.25) is 5.02 Å². The van der Waals surface area contributed by atoms with Gasteiger partial charge in [0.05, 0.1) is 6.54 Å². The summed E-state index contributed by atoms with van der Waals surface area (Å²) >= 11 is 5.83. The van der Waals surface area contributed by atoms with Crippen LogP contribution in [0.3, 0.4) is 0 Å². The Kier molecular flexibility index (Phi) is 5.19. The van der Waals surface area contributed by atoms with Gasteiger partial charge in [0.15, 0.2) is 0 Å². The molecule has 2 aromatic carbocycles. The Balaban J connectivity index is 1.52. The summed E-state index contributed by atoms with van der Waals surface area (Å²) in [5.41, 5.74) is 1.61. The summed E-state index contributed by atoms with van der Waals surface area (Å²) in [4.78, 5) is 25.7. The minimum absolute atomic E-state index is 0.206. The molecule has 1 aliphatic heterocycles. The first-order chi connectivity index (χ1) is 12.0. The zero-order valence-corrected chi connectivity index (χ0v) is 14.1. The number of benzene rings is 2. The molecule has 2 N–H and O–H groups in total. The number of nitrogens with zero attached hydrogens (tertiary/aromatic N) is 1. The summed E-state index contributed by atoms with van der Waals surface area (Å²) in [5, 5.41) is 6.12. The Bertz CT molecular complexity index is 765. The van der Waals surface area contributed by atoms with Gasteiger partial charge in [-0.15, -0.1) is 0 Å². The third kappa shape index (κ3) is 4.28. The van der Waals surface area contributed by atoms with Crippen molar-refractivity contribution in [1.29, 1.82) is 0 Å². The molecule has 0 spiro atoms. The molecule has 130 valence electrons. The fraction of sp³-hybridized carbons (Fsp3) is 0.222. The van der Waals surface area contributed by atoms with Crippen LogP contribution in [0.15, 0.2) is 48.5 Å². The van der Waals surface area contributed by atoms with Gasteiger partial charge in [-0.1, -0.05) is 23.7 Å². The number of amides is 3. The van der Waals surface area contributed by atoms with E-state index in [4.69, 9.17) is 11.6 Å². The Hall–Kier alpha value is -2.60. The number of carbonyl (C=O) groups is 2. The van der Waals surface area contributed by atoms with Crippen LogP contribution in [0.25, 0.3) is 0 Å². The van der Waals surface area contributed by atoms with E-state index in [9.17, 15) is 14.0 Å². The van der Waals surface area contributed by atoms with Crippen molar-refractivity contribution < 1.29 is 14.0 Å². The molecule has 25 heavy (non-hydrogen) atoms. The van der Waals surface area contributed by atoms with Gasteiger partial charge in [-0.2, -0.15) is 0 Å². The lowest BCUT2D eigenvalue weighted by atomic mass is 10.1. The van der Waals surface area contributed by atoms with E-state index in [2.05, 4.69) is 10.6 Å². The minimum Gasteiger partial charge on any atom is -0.354 e. The quantitative estimate of drug-likeness (QED) is 0.860. The first kappa shape index (κ1) is 17.2. The predicted molar refractivity (Wildman–Crippen MR) is 94.2 cm³/mol. The highest BCUT2D eigenvalue weighted by atomic mass is 35.5. The van der Waals surface area contributed by atoms with Crippen LogP contribution in [0.1, 0.15) is 5.56 Å². The number of carbonyl (C=O) groups excluding carboxylic acids is 2. The molecule has 0 aliphatic carbocycles. The van der Waals surface area contributed by atoms with Crippen molar-refractivity contribution in [3.63, 3.8) is 0 Å². The molecule has 1 aliphatic rings. The third-order valence-electron chi connectivity index (χ3n) is 3.99. The molecule has 1 unspecified atom stereocenters. The van der Waals surface area contributed by atoms with Crippen molar-refractivity contribution in [3.8, 4) is 0 Å². The lowest BCUT2D eigenvalue weighted by molar-refractivity contribution is -0.122. The van der Waals surface area contributed by atoms with Crippen molar-refractivity contribution >= 4 is 29.2 Å². The second-order valence-electron chi connectivity index (χ2n) is 5.76. The van der Waals surface area contributed by atoms with Crippen LogP contribution < -0.4 is 15.5 Å². The highest BCUT2D eigenvalue weighted by Crippen LogP contribution is 2.18. The van der Waals surface area contributed by atoms with Gasteiger partial charge in [-0.25, -0.2) is 9.18 Å².